The monoisotopic (exact) mass is 1180 g/mol. The van der Waals surface area contributed by atoms with Crippen molar-refractivity contribution in [2.45, 2.75) is 136 Å². The van der Waals surface area contributed by atoms with Crippen molar-refractivity contribution >= 4 is 71.5 Å². The van der Waals surface area contributed by atoms with E-state index in [1.165, 1.54) is 43.5 Å². The number of aromatic amines is 1. The maximum absolute atomic E-state index is 14.8. The van der Waals surface area contributed by atoms with Gasteiger partial charge in [-0.25, -0.2) is 14.6 Å². The minimum Gasteiger partial charge on any atom is -0.508 e. The SMILES string of the molecule is CCC(C)[C@H](CC(=O)[C@H](Cc1ccc(O)cc1)NC(=O)[C@@H](CC(=O)[C@H](CCCN=C(N)N)NC(=O)CN(C)C(=O)OCc1ccccc1)C(C)C)C(=O)N[C@@H](Cc1cnc[nH]1)C(=O)N1CCC[C@H]1C(=O)N[C@H](C)C(=O)OCc1ccccc1.Cl. The van der Waals surface area contributed by atoms with Gasteiger partial charge in [0.1, 0.15) is 43.6 Å². The second kappa shape index (κ2) is 34.3. The van der Waals surface area contributed by atoms with E-state index < -0.39 is 114 Å². The Labute approximate surface area is 496 Å². The van der Waals surface area contributed by atoms with Crippen molar-refractivity contribution in [2.24, 2.45) is 40.1 Å². The Balaban J connectivity index is 0.0000151. The smallest absolute Gasteiger partial charge is 0.410 e. The molecule has 456 valence electrons. The molecule has 1 saturated heterocycles. The van der Waals surface area contributed by atoms with E-state index in [1.54, 1.807) is 69.3 Å². The van der Waals surface area contributed by atoms with Gasteiger partial charge in [-0.05, 0) is 79.7 Å². The van der Waals surface area contributed by atoms with Gasteiger partial charge in [-0.3, -0.25) is 38.6 Å². The summed E-state index contributed by atoms with van der Waals surface area (Å²) >= 11 is 0. The summed E-state index contributed by atoms with van der Waals surface area (Å²) in [6, 6.07) is 18.5. The van der Waals surface area contributed by atoms with Crippen molar-refractivity contribution < 1.29 is 57.7 Å². The Morgan fingerprint density at radius 3 is 1.95 bits per heavy atom. The number of esters is 1. The van der Waals surface area contributed by atoms with E-state index in [9.17, 15) is 48.3 Å². The quantitative estimate of drug-likeness (QED) is 0.0147. The zero-order valence-electron chi connectivity index (χ0n) is 48.6. The van der Waals surface area contributed by atoms with Crippen LogP contribution in [-0.2, 0) is 73.9 Å². The molecule has 6 amide bonds. The fourth-order valence-corrected chi connectivity index (χ4v) is 9.56. The number of nitrogens with two attached hydrogens (primary N) is 2. The number of aromatic hydroxyl groups is 1. The highest BCUT2D eigenvalue weighted by molar-refractivity contribution is 5.98. The van der Waals surface area contributed by atoms with Crippen LogP contribution in [0, 0.1) is 23.7 Å². The third-order valence-corrected chi connectivity index (χ3v) is 14.7. The molecule has 3 aromatic carbocycles. The van der Waals surface area contributed by atoms with Crippen LogP contribution in [0.3, 0.4) is 0 Å². The molecule has 1 unspecified atom stereocenters. The number of phenols is 1. The maximum atomic E-state index is 14.8. The summed E-state index contributed by atoms with van der Waals surface area (Å²) in [5, 5.41) is 21.3. The van der Waals surface area contributed by atoms with Crippen LogP contribution in [0.25, 0.3) is 0 Å². The van der Waals surface area contributed by atoms with E-state index >= 15 is 0 Å². The Morgan fingerprint density at radius 1 is 0.762 bits per heavy atom. The van der Waals surface area contributed by atoms with Crippen LogP contribution in [0.1, 0.15) is 102 Å². The fourth-order valence-electron chi connectivity index (χ4n) is 9.56. The number of likely N-dealkylation sites (N-methyl/N-ethyl adjacent to an activating group) is 1. The first-order valence-corrected chi connectivity index (χ1v) is 28.1. The number of H-pyrrole nitrogens is 1. The van der Waals surface area contributed by atoms with Gasteiger partial charge in [-0.1, -0.05) is 107 Å². The Hall–Kier alpha value is -8.34. The lowest BCUT2D eigenvalue weighted by Gasteiger charge is -2.31. The number of imidazole rings is 1. The van der Waals surface area contributed by atoms with Gasteiger partial charge in [-0.15, -0.1) is 12.4 Å². The number of hydrogen-bond donors (Lipinski definition) is 8. The summed E-state index contributed by atoms with van der Waals surface area (Å²) in [4.78, 5) is 139. The number of ether oxygens (including phenoxy) is 2. The number of amides is 6. The zero-order chi connectivity index (χ0) is 60.6. The molecule has 2 heterocycles. The molecule has 8 atom stereocenters. The molecule has 84 heavy (non-hydrogen) atoms. The zero-order valence-corrected chi connectivity index (χ0v) is 49.4. The van der Waals surface area contributed by atoms with Gasteiger partial charge in [0.25, 0.3) is 0 Å². The number of likely N-dealkylation sites (tertiary alicyclic amines) is 1. The molecule has 0 aliphatic carbocycles. The Morgan fingerprint density at radius 2 is 1.36 bits per heavy atom. The predicted octanol–water partition coefficient (Wildman–Crippen LogP) is 4.19. The second-order valence-corrected chi connectivity index (χ2v) is 21.4. The number of hydrogen-bond acceptors (Lipinski definition) is 14. The van der Waals surface area contributed by atoms with Crippen LogP contribution in [0.15, 0.2) is 102 Å². The summed E-state index contributed by atoms with van der Waals surface area (Å²) in [7, 11) is 1.38. The van der Waals surface area contributed by atoms with Crippen LogP contribution >= 0.6 is 12.4 Å². The number of ketones is 2. The number of phenolic OH excluding ortho intramolecular Hbond substituents is 1. The lowest BCUT2D eigenvalue weighted by molar-refractivity contribution is -0.149. The molecule has 0 saturated carbocycles. The van der Waals surface area contributed by atoms with Crippen LogP contribution in [0.5, 0.6) is 5.75 Å². The van der Waals surface area contributed by atoms with Crippen LogP contribution in [-0.4, -0.2) is 141 Å². The Kier molecular flexibility index (Phi) is 27.8. The minimum atomic E-state index is -1.25. The number of aliphatic imine (C=N–C) groups is 1. The number of aromatic nitrogens is 2. The lowest BCUT2D eigenvalue weighted by Crippen LogP contribution is -2.56. The first-order valence-electron chi connectivity index (χ1n) is 28.1. The summed E-state index contributed by atoms with van der Waals surface area (Å²) in [5.41, 5.74) is 13.7. The van der Waals surface area contributed by atoms with Gasteiger partial charge < -0.3 is 62.1 Å². The number of rotatable bonds is 32. The molecule has 4 aromatic rings. The van der Waals surface area contributed by atoms with Gasteiger partial charge in [0.05, 0.1) is 18.4 Å². The molecule has 1 aliphatic heterocycles. The largest absolute Gasteiger partial charge is 0.508 e. The van der Waals surface area contributed by atoms with E-state index in [-0.39, 0.29) is 88.9 Å². The highest BCUT2D eigenvalue weighted by Crippen LogP contribution is 2.26. The van der Waals surface area contributed by atoms with Gasteiger partial charge >= 0.3 is 12.1 Å². The van der Waals surface area contributed by atoms with Crippen LogP contribution < -0.4 is 32.7 Å². The average molecular weight is 1180 g/mol. The van der Waals surface area contributed by atoms with Gasteiger partial charge in [0.2, 0.25) is 29.5 Å². The normalized spacial score (nSPS) is 15.3. The van der Waals surface area contributed by atoms with E-state index in [4.69, 9.17) is 20.9 Å². The molecular weight excluding hydrogens is 1100 g/mol. The number of guanidine groups is 1. The fraction of sp³-hybridized carbons (Fsp3) is 0.483. The number of nitrogens with zero attached hydrogens (tertiary/aromatic N) is 4. The molecule has 0 spiro atoms. The van der Waals surface area contributed by atoms with Crippen molar-refractivity contribution in [3.63, 3.8) is 0 Å². The molecule has 10 N–H and O–H groups in total. The number of carbonyl (C=O) groups is 9. The highest BCUT2D eigenvalue weighted by atomic mass is 35.5. The highest BCUT2D eigenvalue weighted by Gasteiger charge is 2.41. The molecule has 23 nitrogen and oxygen atoms in total. The summed E-state index contributed by atoms with van der Waals surface area (Å²) < 4.78 is 10.8. The number of Topliss-reactive ketones (excluding diaryl/α,β-unsaturated/α-hetero) is 2. The van der Waals surface area contributed by atoms with E-state index in [0.717, 1.165) is 16.0 Å². The third-order valence-electron chi connectivity index (χ3n) is 14.7. The standard InChI is InChI=1S/C60H81N11O12.ClH/c1-7-38(4)46(55(77)69-49(29-43-32-63-36-65-43)57(79)71-27-15-21-50(71)56(78)66-39(5)58(80)82-34-41-16-10-8-11-17-41)31-52(74)48(28-40-22-24-44(72)25-23-40)68-54(76)45(37(2)3)30-51(73)47(20-14-26-64-59(61)62)67-53(75)33-70(6)60(81)83-35-42-18-12-9-13-19-42;/h8-13,16-19,22-25,32,36-39,45-50,72H,7,14-15,20-21,26-31,33-35H2,1-6H3,(H,63,65)(H,66,78)(H,67,75)(H,68,76)(H,69,77)(H4,61,62,64);1H/t38?,39-,45+,46+,47+,48+,49+,50+;/m1./s1. The molecule has 1 aliphatic rings. The van der Waals surface area contributed by atoms with E-state index in [2.05, 4.69) is 36.2 Å². The number of benzene rings is 3. The molecule has 1 aromatic heterocycles. The second-order valence-electron chi connectivity index (χ2n) is 21.4. The minimum absolute atomic E-state index is 0. The first kappa shape index (κ1) is 68.2. The van der Waals surface area contributed by atoms with E-state index in [0.29, 0.717) is 30.5 Å². The summed E-state index contributed by atoms with van der Waals surface area (Å²) in [6.45, 7) is 8.48. The van der Waals surface area contributed by atoms with Crippen molar-refractivity contribution in [3.8, 4) is 5.75 Å². The summed E-state index contributed by atoms with van der Waals surface area (Å²) in [6.07, 6.45) is 2.85. The van der Waals surface area contributed by atoms with Crippen LogP contribution in [0.2, 0.25) is 0 Å². The average Bonchev–Trinajstić information content (AvgIpc) is 3.87. The molecular formula is C60H82ClN11O12. The molecule has 5 rings (SSSR count). The molecule has 1 fully saturated rings. The Bertz CT molecular complexity index is 2820. The molecule has 24 heteroatoms. The number of carbonyl (C=O) groups excluding carboxylic acids is 9. The van der Waals surface area contributed by atoms with Crippen molar-refractivity contribution in [2.75, 3.05) is 26.7 Å². The van der Waals surface area contributed by atoms with Gasteiger partial charge in [0, 0.05) is 63.1 Å². The van der Waals surface area contributed by atoms with Crippen molar-refractivity contribution in [1.29, 1.82) is 0 Å². The first-order chi connectivity index (χ1) is 39.6. The number of nitrogens with one attached hydrogen (secondary N) is 5. The topological polar surface area (TPSA) is 340 Å². The van der Waals surface area contributed by atoms with Crippen LogP contribution in [0.4, 0.5) is 4.79 Å². The van der Waals surface area contributed by atoms with Gasteiger partial charge in [-0.2, -0.15) is 0 Å². The molecule has 0 radical (unpaired) electrons. The van der Waals surface area contributed by atoms with Crippen molar-refractivity contribution in [3.05, 3.63) is 120 Å². The molecule has 0 bridgehead atoms. The lowest BCUT2D eigenvalue weighted by atomic mass is 9.83. The van der Waals surface area contributed by atoms with Crippen molar-refractivity contribution in [1.82, 2.24) is 41.0 Å². The number of halogens is 1. The summed E-state index contributed by atoms with van der Waals surface area (Å²) in [5.74, 6) is -7.90. The maximum Gasteiger partial charge on any atom is 0.410 e. The predicted molar refractivity (Wildman–Crippen MR) is 315 cm³/mol. The van der Waals surface area contributed by atoms with E-state index in [1.807, 2.05) is 31.2 Å². The van der Waals surface area contributed by atoms with Gasteiger partial charge in [0.15, 0.2) is 17.5 Å². The third kappa shape index (κ3) is 21.8.